The van der Waals surface area contributed by atoms with Crippen molar-refractivity contribution in [2.24, 2.45) is 0 Å². The molecule has 0 bridgehead atoms. The van der Waals surface area contributed by atoms with E-state index in [1.54, 1.807) is 6.20 Å². The minimum Gasteiger partial charge on any atom is -0.380 e. The van der Waals surface area contributed by atoms with E-state index in [0.29, 0.717) is 6.04 Å². The molecular formula is C8H10BrN3. The number of pyridine rings is 1. The third kappa shape index (κ3) is 1.39. The zero-order valence-corrected chi connectivity index (χ0v) is 8.35. The van der Waals surface area contributed by atoms with Gasteiger partial charge in [0, 0.05) is 23.3 Å². The van der Waals surface area contributed by atoms with Crippen LogP contribution >= 0.6 is 15.9 Å². The van der Waals surface area contributed by atoms with E-state index in [0.717, 1.165) is 22.5 Å². The molecule has 0 amide bonds. The van der Waals surface area contributed by atoms with Crippen LogP contribution in [-0.4, -0.2) is 17.6 Å². The van der Waals surface area contributed by atoms with Crippen molar-refractivity contribution >= 4 is 27.4 Å². The molecule has 0 radical (unpaired) electrons. The first-order chi connectivity index (χ1) is 5.75. The van der Waals surface area contributed by atoms with Crippen molar-refractivity contribution in [1.82, 2.24) is 4.98 Å². The Bertz CT molecular complexity index is 300. The highest BCUT2D eigenvalue weighted by Gasteiger charge is 2.13. The first kappa shape index (κ1) is 7.86. The maximum absolute atomic E-state index is 4.25. The molecule has 0 spiro atoms. The van der Waals surface area contributed by atoms with Crippen LogP contribution in [0.3, 0.4) is 0 Å². The van der Waals surface area contributed by atoms with E-state index in [1.807, 2.05) is 6.07 Å². The maximum atomic E-state index is 4.25. The molecule has 1 aliphatic heterocycles. The SMILES string of the molecule is CC1CNc2cc(Br)cnc2N1. The van der Waals surface area contributed by atoms with Crippen LogP contribution in [0.2, 0.25) is 0 Å². The molecule has 1 aromatic heterocycles. The molecule has 1 aromatic rings. The summed E-state index contributed by atoms with van der Waals surface area (Å²) in [5, 5.41) is 6.59. The second kappa shape index (κ2) is 2.94. The number of fused-ring (bicyclic) bond motifs is 1. The van der Waals surface area contributed by atoms with Gasteiger partial charge in [-0.1, -0.05) is 0 Å². The summed E-state index contributed by atoms with van der Waals surface area (Å²) in [5.41, 5.74) is 1.07. The van der Waals surface area contributed by atoms with E-state index in [9.17, 15) is 0 Å². The van der Waals surface area contributed by atoms with Gasteiger partial charge < -0.3 is 10.6 Å². The van der Waals surface area contributed by atoms with E-state index < -0.39 is 0 Å². The Labute approximate surface area is 79.7 Å². The molecular weight excluding hydrogens is 218 g/mol. The summed E-state index contributed by atoms with van der Waals surface area (Å²) in [6, 6.07) is 2.48. The molecule has 2 rings (SSSR count). The Balaban J connectivity index is 2.37. The lowest BCUT2D eigenvalue weighted by atomic mass is 10.2. The summed E-state index contributed by atoms with van der Waals surface area (Å²) < 4.78 is 1.00. The smallest absolute Gasteiger partial charge is 0.149 e. The number of aromatic nitrogens is 1. The predicted molar refractivity (Wildman–Crippen MR) is 53.5 cm³/mol. The molecule has 3 nitrogen and oxygen atoms in total. The van der Waals surface area contributed by atoms with E-state index >= 15 is 0 Å². The molecule has 12 heavy (non-hydrogen) atoms. The Hall–Kier alpha value is -0.770. The van der Waals surface area contributed by atoms with Crippen molar-refractivity contribution in [2.45, 2.75) is 13.0 Å². The second-order valence-electron chi connectivity index (χ2n) is 2.98. The van der Waals surface area contributed by atoms with E-state index in [4.69, 9.17) is 0 Å². The van der Waals surface area contributed by atoms with Gasteiger partial charge in [-0.25, -0.2) is 4.98 Å². The van der Waals surface area contributed by atoms with Gasteiger partial charge in [-0.15, -0.1) is 0 Å². The standard InChI is InChI=1S/C8H10BrN3/c1-5-3-10-7-2-6(9)4-11-8(7)12-5/h2,4-5,10H,3H2,1H3,(H,11,12). The van der Waals surface area contributed by atoms with Crippen LogP contribution in [0.5, 0.6) is 0 Å². The minimum atomic E-state index is 0.450. The molecule has 1 atom stereocenters. The summed E-state index contributed by atoms with van der Waals surface area (Å²) in [5.74, 6) is 0.942. The van der Waals surface area contributed by atoms with Crippen LogP contribution in [0.15, 0.2) is 16.7 Å². The third-order valence-electron chi connectivity index (χ3n) is 1.84. The van der Waals surface area contributed by atoms with Gasteiger partial charge in [0.25, 0.3) is 0 Å². The average Bonchev–Trinajstić information content (AvgIpc) is 2.05. The van der Waals surface area contributed by atoms with Gasteiger partial charge in [-0.05, 0) is 28.9 Å². The van der Waals surface area contributed by atoms with Crippen LogP contribution in [0.4, 0.5) is 11.5 Å². The van der Waals surface area contributed by atoms with Crippen molar-refractivity contribution < 1.29 is 0 Å². The van der Waals surface area contributed by atoms with Crippen LogP contribution < -0.4 is 10.6 Å². The predicted octanol–water partition coefficient (Wildman–Crippen LogP) is 2.07. The number of rotatable bonds is 0. The number of anilines is 2. The molecule has 2 N–H and O–H groups in total. The van der Waals surface area contributed by atoms with Crippen LogP contribution in [0, 0.1) is 0 Å². The molecule has 0 aromatic carbocycles. The molecule has 0 fully saturated rings. The fourth-order valence-electron chi connectivity index (χ4n) is 1.24. The normalized spacial score (nSPS) is 20.7. The van der Waals surface area contributed by atoms with Gasteiger partial charge >= 0.3 is 0 Å². The average molecular weight is 228 g/mol. The van der Waals surface area contributed by atoms with E-state index in [1.165, 1.54) is 0 Å². The fraction of sp³-hybridized carbons (Fsp3) is 0.375. The highest BCUT2D eigenvalue weighted by molar-refractivity contribution is 9.10. The quantitative estimate of drug-likeness (QED) is 0.713. The van der Waals surface area contributed by atoms with Gasteiger partial charge in [-0.3, -0.25) is 0 Å². The number of hydrogen-bond donors (Lipinski definition) is 2. The number of nitrogens with zero attached hydrogens (tertiary/aromatic N) is 1. The van der Waals surface area contributed by atoms with Gasteiger partial charge in [0.2, 0.25) is 0 Å². The lowest BCUT2D eigenvalue weighted by Gasteiger charge is -2.24. The van der Waals surface area contributed by atoms with Gasteiger partial charge in [0.1, 0.15) is 5.82 Å². The lowest BCUT2D eigenvalue weighted by Crippen LogP contribution is -2.30. The zero-order chi connectivity index (χ0) is 8.55. The third-order valence-corrected chi connectivity index (χ3v) is 2.27. The Kier molecular flexibility index (Phi) is 1.92. The number of halogens is 1. The molecule has 0 aliphatic carbocycles. The Morgan fingerprint density at radius 1 is 1.67 bits per heavy atom. The Morgan fingerprint density at radius 3 is 3.33 bits per heavy atom. The van der Waals surface area contributed by atoms with Crippen LogP contribution in [0.1, 0.15) is 6.92 Å². The molecule has 2 heterocycles. The Morgan fingerprint density at radius 2 is 2.50 bits per heavy atom. The first-order valence-electron chi connectivity index (χ1n) is 3.91. The molecule has 0 saturated carbocycles. The molecule has 64 valence electrons. The maximum Gasteiger partial charge on any atom is 0.149 e. The monoisotopic (exact) mass is 227 g/mol. The van der Waals surface area contributed by atoms with Crippen molar-refractivity contribution in [3.63, 3.8) is 0 Å². The summed E-state index contributed by atoms with van der Waals surface area (Å²) in [7, 11) is 0. The highest BCUT2D eigenvalue weighted by Crippen LogP contribution is 2.26. The molecule has 1 aliphatic rings. The molecule has 0 saturated heterocycles. The molecule has 4 heteroatoms. The zero-order valence-electron chi connectivity index (χ0n) is 6.76. The van der Waals surface area contributed by atoms with Gasteiger partial charge in [-0.2, -0.15) is 0 Å². The van der Waals surface area contributed by atoms with Crippen LogP contribution in [-0.2, 0) is 0 Å². The largest absolute Gasteiger partial charge is 0.380 e. The second-order valence-corrected chi connectivity index (χ2v) is 3.89. The van der Waals surface area contributed by atoms with Crippen molar-refractivity contribution in [3.05, 3.63) is 16.7 Å². The van der Waals surface area contributed by atoms with Crippen molar-refractivity contribution in [2.75, 3.05) is 17.2 Å². The highest BCUT2D eigenvalue weighted by atomic mass is 79.9. The molecule has 1 unspecified atom stereocenters. The first-order valence-corrected chi connectivity index (χ1v) is 4.71. The number of nitrogens with one attached hydrogen (secondary N) is 2. The van der Waals surface area contributed by atoms with E-state index in [2.05, 4.69) is 38.5 Å². The van der Waals surface area contributed by atoms with Crippen molar-refractivity contribution in [3.8, 4) is 0 Å². The minimum absolute atomic E-state index is 0.450. The summed E-state index contributed by atoms with van der Waals surface area (Å²) in [6.45, 7) is 3.07. The van der Waals surface area contributed by atoms with Gasteiger partial charge in [0.05, 0.1) is 5.69 Å². The van der Waals surface area contributed by atoms with E-state index in [-0.39, 0.29) is 0 Å². The lowest BCUT2D eigenvalue weighted by molar-refractivity contribution is 0.808. The summed E-state index contributed by atoms with van der Waals surface area (Å²) >= 11 is 3.38. The number of hydrogen-bond acceptors (Lipinski definition) is 3. The van der Waals surface area contributed by atoms with Crippen molar-refractivity contribution in [1.29, 1.82) is 0 Å². The fourth-order valence-corrected chi connectivity index (χ4v) is 1.57. The topological polar surface area (TPSA) is 37.0 Å². The van der Waals surface area contributed by atoms with Gasteiger partial charge in [0.15, 0.2) is 0 Å². The van der Waals surface area contributed by atoms with Crippen LogP contribution in [0.25, 0.3) is 0 Å². The summed E-state index contributed by atoms with van der Waals surface area (Å²) in [6.07, 6.45) is 1.80. The summed E-state index contributed by atoms with van der Waals surface area (Å²) in [4.78, 5) is 4.25.